The number of hydrogen-bond donors (Lipinski definition) is 4. The van der Waals surface area contributed by atoms with E-state index in [1.807, 2.05) is 13.8 Å². The van der Waals surface area contributed by atoms with Gasteiger partial charge in [-0.05, 0) is 25.7 Å². The normalized spacial score (nSPS) is 12.2. The van der Waals surface area contributed by atoms with Crippen molar-refractivity contribution in [3.05, 3.63) is 0 Å². The van der Waals surface area contributed by atoms with E-state index in [2.05, 4.69) is 10.5 Å². The van der Waals surface area contributed by atoms with Crippen molar-refractivity contribution < 1.29 is 14.8 Å². The summed E-state index contributed by atoms with van der Waals surface area (Å²) < 4.78 is 0. The Morgan fingerprint density at radius 3 is 2.14 bits per heavy atom. The van der Waals surface area contributed by atoms with E-state index in [1.54, 1.807) is 0 Å². The van der Waals surface area contributed by atoms with Crippen molar-refractivity contribution in [3.8, 4) is 0 Å². The second kappa shape index (κ2) is 10.0. The van der Waals surface area contributed by atoms with Crippen LogP contribution in [0, 0.1) is 5.41 Å². The van der Waals surface area contributed by atoms with Crippen LogP contribution in [-0.4, -0.2) is 29.4 Å². The highest BCUT2D eigenvalue weighted by Crippen LogP contribution is 2.30. The number of amides is 2. The number of carbonyl (C=O) groups excluding carboxylic acids is 2. The van der Waals surface area contributed by atoms with Crippen molar-refractivity contribution >= 4 is 17.6 Å². The van der Waals surface area contributed by atoms with Crippen LogP contribution in [-0.2, 0) is 9.59 Å². The average Bonchev–Trinajstić information content (AvgIpc) is 2.45. The van der Waals surface area contributed by atoms with Gasteiger partial charge in [-0.1, -0.05) is 31.8 Å². The van der Waals surface area contributed by atoms with Gasteiger partial charge < -0.3 is 22.0 Å². The summed E-state index contributed by atoms with van der Waals surface area (Å²) in [5, 5.41) is 14.9. The molecule has 0 saturated heterocycles. The van der Waals surface area contributed by atoms with E-state index in [1.165, 1.54) is 0 Å². The smallest absolute Gasteiger partial charge is 0.233 e. The molecule has 0 unspecified atom stereocenters. The molecule has 0 aliphatic rings. The molecular formula is C14H28N4O3. The van der Waals surface area contributed by atoms with Gasteiger partial charge in [-0.2, -0.15) is 0 Å². The monoisotopic (exact) mass is 300 g/mol. The molecule has 7 nitrogen and oxygen atoms in total. The van der Waals surface area contributed by atoms with Gasteiger partial charge in [0.15, 0.2) is 5.84 Å². The molecule has 21 heavy (non-hydrogen) atoms. The minimum Gasteiger partial charge on any atom is -0.409 e. The van der Waals surface area contributed by atoms with Gasteiger partial charge in [0.25, 0.3) is 0 Å². The zero-order valence-electron chi connectivity index (χ0n) is 13.0. The Labute approximate surface area is 126 Å². The SMILES string of the molecule is CCCC(CCC)(C(=O)NCCCCC(N)=O)C(N)=NO. The van der Waals surface area contributed by atoms with Gasteiger partial charge in [0, 0.05) is 13.0 Å². The predicted octanol–water partition coefficient (Wildman–Crippen LogP) is 1.09. The molecule has 0 heterocycles. The molecule has 0 aliphatic carbocycles. The number of hydrogen-bond acceptors (Lipinski definition) is 4. The van der Waals surface area contributed by atoms with Crippen LogP contribution in [0.2, 0.25) is 0 Å². The Morgan fingerprint density at radius 1 is 1.14 bits per heavy atom. The summed E-state index contributed by atoms with van der Waals surface area (Å²) in [6, 6.07) is 0. The van der Waals surface area contributed by atoms with E-state index >= 15 is 0 Å². The van der Waals surface area contributed by atoms with Crippen LogP contribution in [0.3, 0.4) is 0 Å². The molecule has 0 aromatic heterocycles. The minimum absolute atomic E-state index is 0.0409. The van der Waals surface area contributed by atoms with Crippen molar-refractivity contribution in [2.45, 2.75) is 58.8 Å². The lowest BCUT2D eigenvalue weighted by atomic mass is 9.77. The summed E-state index contributed by atoms with van der Waals surface area (Å²) in [6.07, 6.45) is 4.18. The molecule has 0 radical (unpaired) electrons. The molecule has 0 saturated carbocycles. The van der Waals surface area contributed by atoms with Crippen LogP contribution in [0.1, 0.15) is 58.8 Å². The molecule has 7 heteroatoms. The molecule has 122 valence electrons. The first-order valence-corrected chi connectivity index (χ1v) is 7.49. The summed E-state index contributed by atoms with van der Waals surface area (Å²) in [6.45, 7) is 4.35. The van der Waals surface area contributed by atoms with Crippen LogP contribution in [0.25, 0.3) is 0 Å². The molecule has 6 N–H and O–H groups in total. The Balaban J connectivity index is 4.68. The highest BCUT2D eigenvalue weighted by Gasteiger charge is 2.41. The van der Waals surface area contributed by atoms with Gasteiger partial charge in [-0.3, -0.25) is 9.59 Å². The molecule has 0 spiro atoms. The summed E-state index contributed by atoms with van der Waals surface area (Å²) in [4.78, 5) is 23.1. The van der Waals surface area contributed by atoms with Gasteiger partial charge >= 0.3 is 0 Å². The first kappa shape index (κ1) is 19.2. The van der Waals surface area contributed by atoms with Crippen LogP contribution in [0.5, 0.6) is 0 Å². The van der Waals surface area contributed by atoms with Gasteiger partial charge in [0.2, 0.25) is 11.8 Å². The van der Waals surface area contributed by atoms with Crippen molar-refractivity contribution in [2.75, 3.05) is 6.54 Å². The van der Waals surface area contributed by atoms with E-state index in [-0.39, 0.29) is 17.6 Å². The van der Waals surface area contributed by atoms with Crippen molar-refractivity contribution in [1.29, 1.82) is 0 Å². The molecule has 2 amide bonds. The molecule has 0 rings (SSSR count). The van der Waals surface area contributed by atoms with E-state index in [0.29, 0.717) is 38.6 Å². The number of nitrogens with zero attached hydrogens (tertiary/aromatic N) is 1. The fourth-order valence-corrected chi connectivity index (χ4v) is 2.47. The lowest BCUT2D eigenvalue weighted by Crippen LogP contribution is -2.50. The number of rotatable bonds is 11. The third-order valence-electron chi connectivity index (χ3n) is 3.52. The number of oxime groups is 1. The van der Waals surface area contributed by atoms with Gasteiger partial charge in [-0.25, -0.2) is 0 Å². The Morgan fingerprint density at radius 2 is 1.71 bits per heavy atom. The zero-order valence-corrected chi connectivity index (χ0v) is 13.0. The number of primary amides is 1. The van der Waals surface area contributed by atoms with Gasteiger partial charge in [-0.15, -0.1) is 0 Å². The first-order valence-electron chi connectivity index (χ1n) is 7.49. The van der Waals surface area contributed by atoms with Gasteiger partial charge in [0.05, 0.1) is 0 Å². The second-order valence-electron chi connectivity index (χ2n) is 5.25. The third kappa shape index (κ3) is 6.01. The molecule has 0 aromatic carbocycles. The van der Waals surface area contributed by atoms with E-state index in [4.69, 9.17) is 16.7 Å². The highest BCUT2D eigenvalue weighted by atomic mass is 16.4. The summed E-state index contributed by atoms with van der Waals surface area (Å²) in [5.74, 6) is -0.606. The van der Waals surface area contributed by atoms with Crippen molar-refractivity contribution in [3.63, 3.8) is 0 Å². The summed E-state index contributed by atoms with van der Waals surface area (Å²) in [7, 11) is 0. The molecule has 0 fully saturated rings. The maximum absolute atomic E-state index is 12.5. The maximum atomic E-state index is 12.5. The first-order chi connectivity index (χ1) is 9.94. The lowest BCUT2D eigenvalue weighted by Gasteiger charge is -2.30. The quantitative estimate of drug-likeness (QED) is 0.149. The Hall–Kier alpha value is -1.79. The summed E-state index contributed by atoms with van der Waals surface area (Å²) >= 11 is 0. The van der Waals surface area contributed by atoms with Gasteiger partial charge in [0.1, 0.15) is 5.41 Å². The Kier molecular flexibility index (Phi) is 9.16. The zero-order chi connectivity index (χ0) is 16.3. The average molecular weight is 300 g/mol. The van der Waals surface area contributed by atoms with Crippen LogP contribution in [0.4, 0.5) is 0 Å². The Bertz CT molecular complexity index is 363. The fraction of sp³-hybridized carbons (Fsp3) is 0.786. The third-order valence-corrected chi connectivity index (χ3v) is 3.52. The number of unbranched alkanes of at least 4 members (excludes halogenated alkanes) is 1. The van der Waals surface area contributed by atoms with Crippen LogP contribution in [0.15, 0.2) is 5.16 Å². The standard InChI is InChI=1S/C14H28N4O3/c1-3-8-14(9-4-2,12(16)18-21)13(20)17-10-6-5-7-11(15)19/h21H,3-10H2,1-2H3,(H2,15,19)(H2,16,18)(H,17,20). The predicted molar refractivity (Wildman–Crippen MR) is 81.7 cm³/mol. The lowest BCUT2D eigenvalue weighted by molar-refractivity contribution is -0.128. The number of nitrogens with two attached hydrogens (primary N) is 2. The van der Waals surface area contributed by atoms with Crippen LogP contribution >= 0.6 is 0 Å². The summed E-state index contributed by atoms with van der Waals surface area (Å²) in [5.41, 5.74) is 9.87. The van der Waals surface area contributed by atoms with E-state index < -0.39 is 5.41 Å². The molecule has 0 aromatic rings. The number of carbonyl (C=O) groups is 2. The minimum atomic E-state index is -0.956. The van der Waals surface area contributed by atoms with Crippen molar-refractivity contribution in [2.24, 2.45) is 22.0 Å². The molecule has 0 aliphatic heterocycles. The van der Waals surface area contributed by atoms with Crippen molar-refractivity contribution in [1.82, 2.24) is 5.32 Å². The van der Waals surface area contributed by atoms with Crippen LogP contribution < -0.4 is 16.8 Å². The van der Waals surface area contributed by atoms with E-state index in [0.717, 1.165) is 12.8 Å². The highest BCUT2D eigenvalue weighted by molar-refractivity contribution is 6.06. The molecule has 0 bridgehead atoms. The largest absolute Gasteiger partial charge is 0.409 e. The molecular weight excluding hydrogens is 272 g/mol. The topological polar surface area (TPSA) is 131 Å². The maximum Gasteiger partial charge on any atom is 0.233 e. The second-order valence-corrected chi connectivity index (χ2v) is 5.25. The molecule has 0 atom stereocenters. The van der Waals surface area contributed by atoms with E-state index in [9.17, 15) is 9.59 Å². The number of nitrogens with one attached hydrogen (secondary N) is 1. The number of amidine groups is 1. The fourth-order valence-electron chi connectivity index (χ4n) is 2.47.